The first-order valence-electron chi connectivity index (χ1n) is 5.91. The van der Waals surface area contributed by atoms with Crippen LogP contribution in [-0.2, 0) is 4.79 Å². The van der Waals surface area contributed by atoms with Crippen LogP contribution in [-0.4, -0.2) is 64.7 Å². The summed E-state index contributed by atoms with van der Waals surface area (Å²) >= 11 is 3.80. The second-order valence-corrected chi connectivity index (χ2v) is 6.93. The number of carboxylic acids is 1. The summed E-state index contributed by atoms with van der Waals surface area (Å²) in [6.07, 6.45) is 0. The van der Waals surface area contributed by atoms with E-state index in [1.165, 1.54) is 10.7 Å². The smallest absolute Gasteiger partial charge is 0.317 e. The van der Waals surface area contributed by atoms with Crippen LogP contribution in [0.1, 0.15) is 6.92 Å². The summed E-state index contributed by atoms with van der Waals surface area (Å²) < 4.78 is 0. The third-order valence-corrected chi connectivity index (χ3v) is 5.53. The Kier molecular flexibility index (Phi) is 6.70. The van der Waals surface area contributed by atoms with Crippen LogP contribution in [0, 0.1) is 5.92 Å². The second kappa shape index (κ2) is 7.78. The molecule has 18 heavy (non-hydrogen) atoms. The summed E-state index contributed by atoms with van der Waals surface area (Å²) in [5, 5.41) is 12.1. The first-order valence-corrected chi connectivity index (χ1v) is 8.12. The lowest BCUT2D eigenvalue weighted by Crippen LogP contribution is -2.43. The minimum atomic E-state index is -0.881. The van der Waals surface area contributed by atoms with E-state index in [4.69, 9.17) is 5.11 Å². The number of thioether (sulfide) groups is 2. The van der Waals surface area contributed by atoms with Gasteiger partial charge in [-0.15, -0.1) is 0 Å². The molecule has 1 rings (SSSR count). The van der Waals surface area contributed by atoms with E-state index >= 15 is 0 Å². The number of carbonyl (C=O) groups excluding carboxylic acids is 1. The number of nitrogens with one attached hydrogen (secondary N) is 1. The lowest BCUT2D eigenvalue weighted by molar-refractivity contribution is -0.141. The summed E-state index contributed by atoms with van der Waals surface area (Å²) in [5.41, 5.74) is 0. The van der Waals surface area contributed by atoms with Gasteiger partial charge >= 0.3 is 12.0 Å². The Bertz CT molecular complexity index is 296. The molecule has 2 amide bonds. The van der Waals surface area contributed by atoms with E-state index in [0.29, 0.717) is 11.8 Å². The standard InChI is InChI=1S/C11H20N2O3S2/c1-8(10(14)15)6-13(2)11(16)12-5-9-7-17-3-4-18-9/h8-9H,3-7H2,1-2H3,(H,12,16)(H,14,15). The van der Waals surface area contributed by atoms with Gasteiger partial charge in [0.25, 0.3) is 0 Å². The van der Waals surface area contributed by atoms with E-state index in [1.54, 1.807) is 14.0 Å². The van der Waals surface area contributed by atoms with Crippen molar-refractivity contribution in [3.8, 4) is 0 Å². The number of rotatable bonds is 5. The predicted molar refractivity (Wildman–Crippen MR) is 76.4 cm³/mol. The number of nitrogens with zero attached hydrogens (tertiary/aromatic N) is 1. The van der Waals surface area contributed by atoms with Crippen molar-refractivity contribution in [1.82, 2.24) is 10.2 Å². The molecule has 104 valence electrons. The van der Waals surface area contributed by atoms with Crippen molar-refractivity contribution in [2.75, 3.05) is 37.4 Å². The molecule has 1 saturated heterocycles. The van der Waals surface area contributed by atoms with Crippen molar-refractivity contribution in [3.05, 3.63) is 0 Å². The van der Waals surface area contributed by atoms with Crippen LogP contribution in [0.3, 0.4) is 0 Å². The largest absolute Gasteiger partial charge is 0.481 e. The molecule has 5 nitrogen and oxygen atoms in total. The normalized spacial score (nSPS) is 21.1. The molecular weight excluding hydrogens is 272 g/mol. The number of carboxylic acid groups (broad SMARTS) is 1. The van der Waals surface area contributed by atoms with Crippen molar-refractivity contribution < 1.29 is 14.7 Å². The molecule has 1 fully saturated rings. The Morgan fingerprint density at radius 2 is 2.22 bits per heavy atom. The Morgan fingerprint density at radius 1 is 1.50 bits per heavy atom. The van der Waals surface area contributed by atoms with Crippen LogP contribution in [0.25, 0.3) is 0 Å². The molecule has 1 aliphatic heterocycles. The predicted octanol–water partition coefficient (Wildman–Crippen LogP) is 1.20. The van der Waals surface area contributed by atoms with Gasteiger partial charge in [0.2, 0.25) is 0 Å². The van der Waals surface area contributed by atoms with E-state index in [0.717, 1.165) is 11.5 Å². The van der Waals surface area contributed by atoms with Gasteiger partial charge in [0.15, 0.2) is 0 Å². The summed E-state index contributed by atoms with van der Waals surface area (Å²) in [7, 11) is 1.62. The third-order valence-electron chi connectivity index (χ3n) is 2.68. The number of hydrogen-bond donors (Lipinski definition) is 2. The Labute approximate surface area is 116 Å². The van der Waals surface area contributed by atoms with Crippen molar-refractivity contribution in [2.45, 2.75) is 12.2 Å². The van der Waals surface area contributed by atoms with Crippen LogP contribution in [0.2, 0.25) is 0 Å². The van der Waals surface area contributed by atoms with Crippen LogP contribution < -0.4 is 5.32 Å². The van der Waals surface area contributed by atoms with E-state index in [9.17, 15) is 9.59 Å². The number of carbonyl (C=O) groups is 2. The summed E-state index contributed by atoms with van der Waals surface area (Å²) in [6, 6.07) is -0.195. The van der Waals surface area contributed by atoms with Gasteiger partial charge in [0.05, 0.1) is 5.92 Å². The quantitative estimate of drug-likeness (QED) is 0.797. The lowest BCUT2D eigenvalue weighted by Gasteiger charge is -2.24. The zero-order valence-corrected chi connectivity index (χ0v) is 12.4. The van der Waals surface area contributed by atoms with Crippen LogP contribution in [0.15, 0.2) is 0 Å². The first kappa shape index (κ1) is 15.5. The minimum Gasteiger partial charge on any atom is -0.481 e. The maximum atomic E-state index is 11.7. The van der Waals surface area contributed by atoms with Gasteiger partial charge in [-0.3, -0.25) is 4.79 Å². The Balaban J connectivity index is 2.24. The van der Waals surface area contributed by atoms with E-state index in [1.807, 2.05) is 23.5 Å². The molecule has 0 aromatic heterocycles. The zero-order chi connectivity index (χ0) is 13.5. The summed E-state index contributed by atoms with van der Waals surface area (Å²) in [5.74, 6) is 1.97. The van der Waals surface area contributed by atoms with E-state index in [2.05, 4.69) is 5.32 Å². The van der Waals surface area contributed by atoms with Crippen molar-refractivity contribution >= 4 is 35.5 Å². The first-order chi connectivity index (χ1) is 8.50. The third kappa shape index (κ3) is 5.39. The van der Waals surface area contributed by atoms with Crippen molar-refractivity contribution in [2.24, 2.45) is 5.92 Å². The highest BCUT2D eigenvalue weighted by molar-refractivity contribution is 8.06. The molecule has 0 aromatic rings. The molecule has 0 spiro atoms. The van der Waals surface area contributed by atoms with E-state index in [-0.39, 0.29) is 12.6 Å². The van der Waals surface area contributed by atoms with Gasteiger partial charge in [-0.25, -0.2) is 4.79 Å². The number of amides is 2. The fourth-order valence-corrected chi connectivity index (χ4v) is 4.17. The van der Waals surface area contributed by atoms with E-state index < -0.39 is 11.9 Å². The molecule has 0 aromatic carbocycles. The van der Waals surface area contributed by atoms with Gasteiger partial charge in [0, 0.05) is 42.6 Å². The average molecular weight is 292 g/mol. The van der Waals surface area contributed by atoms with Crippen molar-refractivity contribution in [3.63, 3.8) is 0 Å². The van der Waals surface area contributed by atoms with Gasteiger partial charge in [-0.05, 0) is 0 Å². The van der Waals surface area contributed by atoms with Gasteiger partial charge in [-0.2, -0.15) is 23.5 Å². The molecule has 2 unspecified atom stereocenters. The topological polar surface area (TPSA) is 69.6 Å². The summed E-state index contributed by atoms with van der Waals surface area (Å²) in [4.78, 5) is 23.9. The summed E-state index contributed by atoms with van der Waals surface area (Å²) in [6.45, 7) is 2.48. The SMILES string of the molecule is CC(CN(C)C(=O)NCC1CSCCS1)C(=O)O. The van der Waals surface area contributed by atoms with Crippen LogP contribution in [0.5, 0.6) is 0 Å². The van der Waals surface area contributed by atoms with Gasteiger partial charge < -0.3 is 15.3 Å². The maximum Gasteiger partial charge on any atom is 0.317 e. The molecule has 1 heterocycles. The van der Waals surface area contributed by atoms with Gasteiger partial charge in [0.1, 0.15) is 0 Å². The highest BCUT2D eigenvalue weighted by Crippen LogP contribution is 2.23. The fraction of sp³-hybridized carbons (Fsp3) is 0.818. The molecule has 1 aliphatic rings. The molecule has 0 aliphatic carbocycles. The van der Waals surface area contributed by atoms with Crippen LogP contribution in [0.4, 0.5) is 4.79 Å². The lowest BCUT2D eigenvalue weighted by atomic mass is 10.2. The van der Waals surface area contributed by atoms with Crippen molar-refractivity contribution in [1.29, 1.82) is 0 Å². The number of urea groups is 1. The molecule has 7 heteroatoms. The molecular formula is C11H20N2O3S2. The molecule has 2 atom stereocenters. The highest BCUT2D eigenvalue weighted by Gasteiger charge is 2.19. The van der Waals surface area contributed by atoms with Crippen LogP contribution >= 0.6 is 23.5 Å². The number of aliphatic carboxylic acids is 1. The van der Waals surface area contributed by atoms with Gasteiger partial charge in [-0.1, -0.05) is 6.92 Å². The molecule has 0 bridgehead atoms. The molecule has 0 radical (unpaired) electrons. The minimum absolute atomic E-state index is 0.195. The monoisotopic (exact) mass is 292 g/mol. The second-order valence-electron chi connectivity index (χ2n) is 4.37. The zero-order valence-electron chi connectivity index (χ0n) is 10.7. The fourth-order valence-electron chi connectivity index (χ4n) is 1.56. The Morgan fingerprint density at radius 3 is 2.78 bits per heavy atom. The number of hydrogen-bond acceptors (Lipinski definition) is 4. The highest BCUT2D eigenvalue weighted by atomic mass is 32.2. The Hall–Kier alpha value is -0.560. The molecule has 0 saturated carbocycles. The maximum absolute atomic E-state index is 11.7. The average Bonchev–Trinajstić information content (AvgIpc) is 2.36. The molecule has 2 N–H and O–H groups in total.